The third kappa shape index (κ3) is 2.67. The van der Waals surface area contributed by atoms with Gasteiger partial charge in [0.05, 0.1) is 1.37 Å². The summed E-state index contributed by atoms with van der Waals surface area (Å²) in [7, 11) is 0. The van der Waals surface area contributed by atoms with Gasteiger partial charge in [-0.15, -0.1) is 0 Å². The van der Waals surface area contributed by atoms with Crippen molar-refractivity contribution in [2.24, 2.45) is 0 Å². The minimum Gasteiger partial charge on any atom is -0.289 e. The number of hydrogen-bond donors (Lipinski definition) is 0. The van der Waals surface area contributed by atoms with Crippen molar-refractivity contribution >= 4 is 11.9 Å². The monoisotopic (exact) mass is 209 g/mol. The normalized spacial score (nSPS) is 12.0. The molecule has 0 amide bonds. The number of ketones is 1. The molecule has 0 aliphatic heterocycles. The van der Waals surface area contributed by atoms with Crippen LogP contribution in [0.4, 0.5) is 0 Å². The van der Waals surface area contributed by atoms with Crippen LogP contribution in [0.15, 0.2) is 66.7 Å². The molecule has 78 valence electrons. The highest BCUT2D eigenvalue weighted by Gasteiger charge is 1.98. The molecule has 0 N–H and O–H groups in total. The van der Waals surface area contributed by atoms with Gasteiger partial charge in [0, 0.05) is 5.56 Å². The van der Waals surface area contributed by atoms with Crippen LogP contribution < -0.4 is 0 Å². The van der Waals surface area contributed by atoms with E-state index < -0.39 is 0 Å². The second-order valence-electron chi connectivity index (χ2n) is 3.39. The van der Waals surface area contributed by atoms with Gasteiger partial charge in [-0.2, -0.15) is 0 Å². The minimum atomic E-state index is -0.255. The van der Waals surface area contributed by atoms with Gasteiger partial charge in [0.2, 0.25) is 0 Å². The lowest BCUT2D eigenvalue weighted by Gasteiger charge is -1.94. The van der Waals surface area contributed by atoms with Gasteiger partial charge in [-0.3, -0.25) is 4.79 Å². The fourth-order valence-electron chi connectivity index (χ4n) is 1.37. The van der Waals surface area contributed by atoms with E-state index in [9.17, 15) is 4.79 Å². The largest absolute Gasteiger partial charge is 0.289 e. The lowest BCUT2D eigenvalue weighted by molar-refractivity contribution is 0.104. The molecule has 0 spiro atoms. The SMILES string of the molecule is [2H]/C(=C\c1ccccc1)C(=O)c1ccccc1. The van der Waals surface area contributed by atoms with Crippen molar-refractivity contribution in [1.82, 2.24) is 0 Å². The maximum Gasteiger partial charge on any atom is 0.185 e. The first-order chi connectivity index (χ1) is 8.27. The van der Waals surface area contributed by atoms with E-state index in [-0.39, 0.29) is 11.8 Å². The van der Waals surface area contributed by atoms with E-state index in [1.165, 1.54) is 0 Å². The molecule has 2 rings (SSSR count). The van der Waals surface area contributed by atoms with Crippen LogP contribution in [0.2, 0.25) is 0 Å². The predicted octanol–water partition coefficient (Wildman–Crippen LogP) is 3.58. The molecular weight excluding hydrogens is 196 g/mol. The van der Waals surface area contributed by atoms with Gasteiger partial charge in [0.25, 0.3) is 0 Å². The molecule has 2 aromatic carbocycles. The summed E-state index contributed by atoms with van der Waals surface area (Å²) in [5.41, 5.74) is 1.41. The van der Waals surface area contributed by atoms with Crippen molar-refractivity contribution in [2.75, 3.05) is 0 Å². The summed E-state index contributed by atoms with van der Waals surface area (Å²) in [5.74, 6) is -0.255. The first-order valence-electron chi connectivity index (χ1n) is 5.60. The molecule has 0 saturated heterocycles. The van der Waals surface area contributed by atoms with Crippen LogP contribution in [0.3, 0.4) is 0 Å². The van der Waals surface area contributed by atoms with E-state index in [4.69, 9.17) is 1.37 Å². The fourth-order valence-corrected chi connectivity index (χ4v) is 1.37. The quantitative estimate of drug-likeness (QED) is 0.557. The molecule has 0 saturated carbocycles. The van der Waals surface area contributed by atoms with Gasteiger partial charge in [0.15, 0.2) is 5.78 Å². The summed E-state index contributed by atoms with van der Waals surface area (Å²) in [6.07, 6.45) is 1.58. The van der Waals surface area contributed by atoms with Crippen LogP contribution in [-0.4, -0.2) is 5.78 Å². The van der Waals surface area contributed by atoms with E-state index in [1.807, 2.05) is 36.4 Å². The summed E-state index contributed by atoms with van der Waals surface area (Å²) in [6, 6.07) is 18.3. The smallest absolute Gasteiger partial charge is 0.185 e. The van der Waals surface area contributed by atoms with Crippen molar-refractivity contribution in [3.63, 3.8) is 0 Å². The van der Waals surface area contributed by atoms with Crippen molar-refractivity contribution < 1.29 is 6.17 Å². The predicted molar refractivity (Wildman–Crippen MR) is 66.2 cm³/mol. The molecule has 0 radical (unpaired) electrons. The molecule has 0 atom stereocenters. The molecule has 0 aromatic heterocycles. The molecule has 0 heterocycles. The highest BCUT2D eigenvalue weighted by Crippen LogP contribution is 2.05. The van der Waals surface area contributed by atoms with Gasteiger partial charge < -0.3 is 0 Å². The van der Waals surface area contributed by atoms with E-state index in [2.05, 4.69) is 0 Å². The highest BCUT2D eigenvalue weighted by atomic mass is 16.1. The molecular formula is C15H12O. The zero-order valence-electron chi connectivity index (χ0n) is 9.76. The number of rotatable bonds is 3. The van der Waals surface area contributed by atoms with Crippen LogP contribution in [0, 0.1) is 0 Å². The minimum absolute atomic E-state index is 0.00222. The standard InChI is InChI=1S/C15H12O/c16-15(14-9-5-2-6-10-14)12-11-13-7-3-1-4-8-13/h1-12H/b12-11+/i12D. The molecule has 2 aromatic rings. The van der Waals surface area contributed by atoms with Gasteiger partial charge in [0.1, 0.15) is 0 Å². The summed E-state index contributed by atoms with van der Waals surface area (Å²) < 4.78 is 7.76. The number of benzene rings is 2. The Balaban J connectivity index is 2.24. The second kappa shape index (κ2) is 5.08. The average molecular weight is 209 g/mol. The number of carbonyl (C=O) groups is 1. The Morgan fingerprint density at radius 2 is 1.50 bits per heavy atom. The summed E-state index contributed by atoms with van der Waals surface area (Å²) in [4.78, 5) is 11.9. The van der Waals surface area contributed by atoms with Crippen LogP contribution in [0.5, 0.6) is 0 Å². The summed E-state index contributed by atoms with van der Waals surface area (Å²) >= 11 is 0. The first kappa shape index (κ1) is 9.10. The Morgan fingerprint density at radius 3 is 2.12 bits per heavy atom. The first-order valence-corrected chi connectivity index (χ1v) is 5.10. The second-order valence-corrected chi connectivity index (χ2v) is 3.39. The number of hydrogen-bond acceptors (Lipinski definition) is 1. The van der Waals surface area contributed by atoms with Crippen LogP contribution >= 0.6 is 0 Å². The molecule has 16 heavy (non-hydrogen) atoms. The lowest BCUT2D eigenvalue weighted by Crippen LogP contribution is -1.92. The maximum atomic E-state index is 11.9. The van der Waals surface area contributed by atoms with E-state index >= 15 is 0 Å². The third-order valence-corrected chi connectivity index (χ3v) is 2.21. The Labute approximate surface area is 96.5 Å². The van der Waals surface area contributed by atoms with E-state index in [0.717, 1.165) is 5.56 Å². The van der Waals surface area contributed by atoms with Crippen LogP contribution in [0.25, 0.3) is 6.08 Å². The Bertz CT molecular complexity index is 529. The van der Waals surface area contributed by atoms with Crippen molar-refractivity contribution in [1.29, 1.82) is 0 Å². The van der Waals surface area contributed by atoms with Crippen LogP contribution in [0.1, 0.15) is 17.3 Å². The fraction of sp³-hybridized carbons (Fsp3) is 0. The molecule has 1 nitrogen and oxygen atoms in total. The molecule has 0 aliphatic rings. The molecule has 0 bridgehead atoms. The molecule has 1 heteroatoms. The highest BCUT2D eigenvalue weighted by molar-refractivity contribution is 6.06. The maximum absolute atomic E-state index is 11.9. The zero-order valence-corrected chi connectivity index (χ0v) is 8.76. The van der Waals surface area contributed by atoms with E-state index in [0.29, 0.717) is 5.56 Å². The van der Waals surface area contributed by atoms with Crippen molar-refractivity contribution in [3.8, 4) is 0 Å². The molecule has 0 unspecified atom stereocenters. The number of allylic oxidation sites excluding steroid dienone is 1. The van der Waals surface area contributed by atoms with Crippen molar-refractivity contribution in [2.45, 2.75) is 0 Å². The Morgan fingerprint density at radius 1 is 0.938 bits per heavy atom. The lowest BCUT2D eigenvalue weighted by atomic mass is 10.1. The zero-order chi connectivity index (χ0) is 12.1. The van der Waals surface area contributed by atoms with Crippen LogP contribution in [-0.2, 0) is 0 Å². The summed E-state index contributed by atoms with van der Waals surface area (Å²) in [6.45, 7) is 0. The van der Waals surface area contributed by atoms with Gasteiger partial charge in [-0.25, -0.2) is 0 Å². The van der Waals surface area contributed by atoms with Crippen molar-refractivity contribution in [3.05, 3.63) is 77.8 Å². The van der Waals surface area contributed by atoms with Gasteiger partial charge >= 0.3 is 0 Å². The van der Waals surface area contributed by atoms with Gasteiger partial charge in [-0.05, 0) is 11.6 Å². The van der Waals surface area contributed by atoms with E-state index in [1.54, 1.807) is 30.3 Å². The molecule has 0 aliphatic carbocycles. The average Bonchev–Trinajstić information content (AvgIpc) is 2.40. The Hall–Kier alpha value is -2.15. The third-order valence-electron chi connectivity index (χ3n) is 2.21. The molecule has 0 fully saturated rings. The van der Waals surface area contributed by atoms with Gasteiger partial charge in [-0.1, -0.05) is 66.7 Å². The summed E-state index contributed by atoms with van der Waals surface area (Å²) in [5, 5.41) is 0. The topological polar surface area (TPSA) is 17.1 Å². The number of carbonyl (C=O) groups excluding carboxylic acids is 1. The Kier molecular flexibility index (Phi) is 2.89.